The zero-order valence-electron chi connectivity index (χ0n) is 7.88. The van der Waals surface area contributed by atoms with E-state index in [0.717, 1.165) is 19.0 Å². The predicted molar refractivity (Wildman–Crippen MR) is 53.4 cm³/mol. The van der Waals surface area contributed by atoms with E-state index in [4.69, 9.17) is 0 Å². The van der Waals surface area contributed by atoms with E-state index in [-0.39, 0.29) is 0 Å². The van der Waals surface area contributed by atoms with Crippen LogP contribution in [-0.4, -0.2) is 13.1 Å². The maximum atomic E-state index is 3.26. The van der Waals surface area contributed by atoms with Crippen molar-refractivity contribution < 1.29 is 0 Å². The van der Waals surface area contributed by atoms with Gasteiger partial charge in [0.25, 0.3) is 0 Å². The van der Waals surface area contributed by atoms with E-state index in [1.807, 2.05) is 13.8 Å². The first-order valence-corrected chi connectivity index (χ1v) is 4.72. The number of hydrogen-bond donors (Lipinski definition) is 1. The normalized spacial score (nSPS) is 15.8. The van der Waals surface area contributed by atoms with Crippen LogP contribution in [0.1, 0.15) is 25.3 Å². The summed E-state index contributed by atoms with van der Waals surface area (Å²) in [5.74, 6) is 0.779. The van der Waals surface area contributed by atoms with Crippen molar-refractivity contribution in [2.24, 2.45) is 0 Å². The van der Waals surface area contributed by atoms with E-state index in [1.165, 1.54) is 5.56 Å². The third kappa shape index (κ3) is 2.08. The van der Waals surface area contributed by atoms with E-state index in [9.17, 15) is 0 Å². The Bertz CT molecular complexity index is 202. The summed E-state index contributed by atoms with van der Waals surface area (Å²) in [5.41, 5.74) is 1.47. The van der Waals surface area contributed by atoms with Crippen LogP contribution in [0, 0.1) is 0 Å². The molecule has 0 aliphatic carbocycles. The van der Waals surface area contributed by atoms with Gasteiger partial charge in [-0.25, -0.2) is 0 Å². The molecule has 1 aliphatic rings. The first kappa shape index (κ1) is 9.27. The van der Waals surface area contributed by atoms with Gasteiger partial charge in [0.1, 0.15) is 0 Å². The summed E-state index contributed by atoms with van der Waals surface area (Å²) in [6.07, 6.45) is 0. The molecule has 0 radical (unpaired) electrons. The fraction of sp³-hybridized carbons (Fsp3) is 0.455. The molecule has 2 rings (SSSR count). The van der Waals surface area contributed by atoms with Gasteiger partial charge in [-0.3, -0.25) is 0 Å². The Morgan fingerprint density at radius 2 is 1.67 bits per heavy atom. The second-order valence-corrected chi connectivity index (χ2v) is 2.77. The van der Waals surface area contributed by atoms with Gasteiger partial charge in [0, 0.05) is 19.0 Å². The van der Waals surface area contributed by atoms with E-state index in [0.29, 0.717) is 0 Å². The molecule has 1 N–H and O–H groups in total. The molecule has 0 amide bonds. The van der Waals surface area contributed by atoms with Crippen LogP contribution in [0.2, 0.25) is 0 Å². The standard InChI is InChI=1S/C9H11N.C2H6/c1-2-4-8(5-3-1)9-6-10-7-9;1-2/h1-5,9-10H,6-7H2;1-2H3. The molecule has 0 spiro atoms. The Morgan fingerprint density at radius 3 is 2.08 bits per heavy atom. The van der Waals surface area contributed by atoms with Crippen molar-refractivity contribution in [2.75, 3.05) is 13.1 Å². The minimum atomic E-state index is 0.779. The lowest BCUT2D eigenvalue weighted by Gasteiger charge is -2.27. The van der Waals surface area contributed by atoms with Gasteiger partial charge in [-0.15, -0.1) is 0 Å². The van der Waals surface area contributed by atoms with Gasteiger partial charge in [-0.2, -0.15) is 0 Å². The molecule has 1 heterocycles. The van der Waals surface area contributed by atoms with Crippen molar-refractivity contribution in [3.63, 3.8) is 0 Å². The fourth-order valence-corrected chi connectivity index (χ4v) is 1.25. The molecule has 1 aliphatic heterocycles. The molecular weight excluding hydrogens is 146 g/mol. The lowest BCUT2D eigenvalue weighted by Crippen LogP contribution is -2.39. The van der Waals surface area contributed by atoms with Crippen molar-refractivity contribution in [3.8, 4) is 0 Å². The number of hydrogen-bond acceptors (Lipinski definition) is 1. The van der Waals surface area contributed by atoms with E-state index in [2.05, 4.69) is 35.6 Å². The average Bonchev–Trinajstić information content (AvgIpc) is 2.07. The monoisotopic (exact) mass is 163 g/mol. The molecular formula is C11H17N. The van der Waals surface area contributed by atoms with Gasteiger partial charge >= 0.3 is 0 Å². The molecule has 0 atom stereocenters. The van der Waals surface area contributed by atoms with Gasteiger partial charge in [0.2, 0.25) is 0 Å². The van der Waals surface area contributed by atoms with Crippen LogP contribution in [-0.2, 0) is 0 Å². The smallest absolute Gasteiger partial charge is 0.00885 e. The third-order valence-electron chi connectivity index (χ3n) is 2.05. The van der Waals surface area contributed by atoms with Gasteiger partial charge in [-0.05, 0) is 5.56 Å². The molecule has 0 aromatic heterocycles. The molecule has 66 valence electrons. The highest BCUT2D eigenvalue weighted by Crippen LogP contribution is 2.18. The highest BCUT2D eigenvalue weighted by Gasteiger charge is 2.17. The Kier molecular flexibility index (Phi) is 3.81. The van der Waals surface area contributed by atoms with E-state index < -0.39 is 0 Å². The molecule has 0 unspecified atom stereocenters. The quantitative estimate of drug-likeness (QED) is 0.670. The molecule has 0 saturated carbocycles. The zero-order chi connectivity index (χ0) is 8.81. The van der Waals surface area contributed by atoms with Crippen LogP contribution in [0.25, 0.3) is 0 Å². The second kappa shape index (κ2) is 4.94. The minimum Gasteiger partial charge on any atom is -0.315 e. The molecule has 1 aromatic rings. The largest absolute Gasteiger partial charge is 0.315 e. The lowest BCUT2D eigenvalue weighted by atomic mass is 9.94. The molecule has 1 nitrogen and oxygen atoms in total. The summed E-state index contributed by atoms with van der Waals surface area (Å²) in [5, 5.41) is 3.26. The first-order valence-electron chi connectivity index (χ1n) is 4.72. The summed E-state index contributed by atoms with van der Waals surface area (Å²) < 4.78 is 0. The summed E-state index contributed by atoms with van der Waals surface area (Å²) in [6, 6.07) is 10.7. The van der Waals surface area contributed by atoms with Crippen molar-refractivity contribution in [2.45, 2.75) is 19.8 Å². The van der Waals surface area contributed by atoms with Crippen LogP contribution in [0.5, 0.6) is 0 Å². The van der Waals surface area contributed by atoms with Crippen LogP contribution in [0.4, 0.5) is 0 Å². The molecule has 12 heavy (non-hydrogen) atoms. The van der Waals surface area contributed by atoms with Crippen molar-refractivity contribution in [1.29, 1.82) is 0 Å². The predicted octanol–water partition coefficient (Wildman–Crippen LogP) is 2.40. The average molecular weight is 163 g/mol. The highest BCUT2D eigenvalue weighted by molar-refractivity contribution is 5.22. The lowest BCUT2D eigenvalue weighted by molar-refractivity contribution is 0.448. The van der Waals surface area contributed by atoms with Gasteiger partial charge in [-0.1, -0.05) is 44.2 Å². The topological polar surface area (TPSA) is 12.0 Å². The molecule has 1 fully saturated rings. The number of rotatable bonds is 1. The minimum absolute atomic E-state index is 0.779. The summed E-state index contributed by atoms with van der Waals surface area (Å²) in [6.45, 7) is 6.31. The zero-order valence-corrected chi connectivity index (χ0v) is 7.88. The van der Waals surface area contributed by atoms with Crippen molar-refractivity contribution >= 4 is 0 Å². The fourth-order valence-electron chi connectivity index (χ4n) is 1.25. The number of nitrogens with one attached hydrogen (secondary N) is 1. The highest BCUT2D eigenvalue weighted by atomic mass is 14.9. The van der Waals surface area contributed by atoms with Crippen molar-refractivity contribution in [3.05, 3.63) is 35.9 Å². The maximum Gasteiger partial charge on any atom is 0.00885 e. The van der Waals surface area contributed by atoms with Crippen LogP contribution >= 0.6 is 0 Å². The van der Waals surface area contributed by atoms with Gasteiger partial charge in [0.15, 0.2) is 0 Å². The Balaban J connectivity index is 0.000000336. The Hall–Kier alpha value is -0.820. The van der Waals surface area contributed by atoms with E-state index in [1.54, 1.807) is 0 Å². The molecule has 1 saturated heterocycles. The number of benzene rings is 1. The summed E-state index contributed by atoms with van der Waals surface area (Å²) in [7, 11) is 0. The van der Waals surface area contributed by atoms with Crippen molar-refractivity contribution in [1.82, 2.24) is 5.32 Å². The molecule has 1 aromatic carbocycles. The molecule has 1 heteroatoms. The van der Waals surface area contributed by atoms with Crippen LogP contribution < -0.4 is 5.32 Å². The van der Waals surface area contributed by atoms with E-state index >= 15 is 0 Å². The summed E-state index contributed by atoms with van der Waals surface area (Å²) in [4.78, 5) is 0. The van der Waals surface area contributed by atoms with Gasteiger partial charge < -0.3 is 5.32 Å². The Labute approximate surface area is 74.8 Å². The van der Waals surface area contributed by atoms with Crippen LogP contribution in [0.3, 0.4) is 0 Å². The van der Waals surface area contributed by atoms with Crippen LogP contribution in [0.15, 0.2) is 30.3 Å². The third-order valence-corrected chi connectivity index (χ3v) is 2.05. The molecule has 0 bridgehead atoms. The SMILES string of the molecule is CC.c1ccc(C2CNC2)cc1. The second-order valence-electron chi connectivity index (χ2n) is 2.77. The Morgan fingerprint density at radius 1 is 1.08 bits per heavy atom. The maximum absolute atomic E-state index is 3.26. The van der Waals surface area contributed by atoms with Gasteiger partial charge in [0.05, 0.1) is 0 Å². The summed E-state index contributed by atoms with van der Waals surface area (Å²) >= 11 is 0. The first-order chi connectivity index (χ1) is 5.97.